The zero-order valence-corrected chi connectivity index (χ0v) is 15.5. The summed E-state index contributed by atoms with van der Waals surface area (Å²) in [5.74, 6) is 0.851. The minimum absolute atomic E-state index is 0.00336. The van der Waals surface area contributed by atoms with Gasteiger partial charge < -0.3 is 14.7 Å². The molecule has 0 radical (unpaired) electrons. The van der Waals surface area contributed by atoms with E-state index in [4.69, 9.17) is 4.74 Å². The van der Waals surface area contributed by atoms with Gasteiger partial charge in [-0.05, 0) is 37.6 Å². The van der Waals surface area contributed by atoms with Crippen LogP contribution in [0.4, 0.5) is 5.69 Å². The maximum absolute atomic E-state index is 9.75. The van der Waals surface area contributed by atoms with Crippen LogP contribution in [-0.4, -0.2) is 17.9 Å². The van der Waals surface area contributed by atoms with Crippen molar-refractivity contribution in [2.24, 2.45) is 7.05 Å². The van der Waals surface area contributed by atoms with E-state index in [1.165, 1.54) is 11.3 Å². The van der Waals surface area contributed by atoms with E-state index in [0.717, 1.165) is 22.6 Å². The van der Waals surface area contributed by atoms with Gasteiger partial charge in [-0.25, -0.2) is 4.57 Å². The monoisotopic (exact) mass is 337 g/mol. The molecule has 1 spiro atoms. The Morgan fingerprint density at radius 2 is 1.96 bits per heavy atom. The lowest BCUT2D eigenvalue weighted by atomic mass is 9.76. The fourth-order valence-electron chi connectivity index (χ4n) is 4.33. The van der Waals surface area contributed by atoms with Crippen LogP contribution in [0.25, 0.3) is 6.08 Å². The van der Waals surface area contributed by atoms with Gasteiger partial charge in [0.25, 0.3) is 0 Å². The number of aromatic nitrogens is 1. The SMILES string of the molecule is Cc1c2c(c(CO)c[n+]1C)C=CC1(O2)N(C)c2ccccc2C1(C)C. The Balaban J connectivity index is 1.94. The standard InChI is InChI=1S/C21H25N2O2/c1-14-19-16(15(13-24)12-22(14)4)10-11-21(25-19)20(2,3)17-8-6-7-9-18(17)23(21)5/h6-12,24H,13H2,1-5H3/q+1. The number of hydrogen-bond acceptors (Lipinski definition) is 3. The second-order valence-electron chi connectivity index (χ2n) is 7.58. The minimum Gasteiger partial charge on any atom is -0.456 e. The van der Waals surface area contributed by atoms with Crippen LogP contribution in [0, 0.1) is 6.92 Å². The highest BCUT2D eigenvalue weighted by molar-refractivity contribution is 5.73. The summed E-state index contributed by atoms with van der Waals surface area (Å²) in [5.41, 5.74) is 4.58. The van der Waals surface area contributed by atoms with Crippen LogP contribution < -0.4 is 14.2 Å². The smallest absolute Gasteiger partial charge is 0.221 e. The first-order valence-electron chi connectivity index (χ1n) is 8.68. The Morgan fingerprint density at radius 3 is 2.64 bits per heavy atom. The third kappa shape index (κ3) is 1.89. The molecule has 1 aromatic carbocycles. The molecular formula is C21H25N2O2+. The van der Waals surface area contributed by atoms with Crippen molar-refractivity contribution in [1.82, 2.24) is 0 Å². The van der Waals surface area contributed by atoms with Crippen molar-refractivity contribution in [2.45, 2.75) is 38.5 Å². The van der Waals surface area contributed by atoms with Gasteiger partial charge in [-0.15, -0.1) is 0 Å². The van der Waals surface area contributed by atoms with E-state index in [2.05, 4.69) is 69.1 Å². The number of para-hydroxylation sites is 1. The van der Waals surface area contributed by atoms with Gasteiger partial charge in [0.1, 0.15) is 7.05 Å². The first kappa shape index (κ1) is 16.2. The molecule has 1 unspecified atom stereocenters. The molecule has 1 N–H and O–H groups in total. The molecule has 2 aliphatic rings. The lowest BCUT2D eigenvalue weighted by Crippen LogP contribution is -2.58. The van der Waals surface area contributed by atoms with E-state index in [0.29, 0.717) is 0 Å². The van der Waals surface area contributed by atoms with Gasteiger partial charge in [0.2, 0.25) is 11.4 Å². The van der Waals surface area contributed by atoms with E-state index in [1.807, 2.05) is 17.8 Å². The van der Waals surface area contributed by atoms with Crippen molar-refractivity contribution in [2.75, 3.05) is 11.9 Å². The Labute approximate surface area is 149 Å². The Hall–Kier alpha value is -2.33. The summed E-state index contributed by atoms with van der Waals surface area (Å²) in [6, 6.07) is 8.49. The second-order valence-corrected chi connectivity index (χ2v) is 7.58. The molecule has 0 saturated heterocycles. The maximum Gasteiger partial charge on any atom is 0.221 e. The van der Waals surface area contributed by atoms with Gasteiger partial charge in [0, 0.05) is 25.2 Å². The quantitative estimate of drug-likeness (QED) is 0.813. The Morgan fingerprint density at radius 1 is 1.24 bits per heavy atom. The summed E-state index contributed by atoms with van der Waals surface area (Å²) in [6.45, 7) is 6.52. The fourth-order valence-corrected chi connectivity index (χ4v) is 4.33. The van der Waals surface area contributed by atoms with Crippen molar-refractivity contribution in [1.29, 1.82) is 0 Å². The number of likely N-dealkylation sites (N-methyl/N-ethyl adjacent to an activating group) is 1. The molecule has 3 heterocycles. The van der Waals surface area contributed by atoms with Crippen LogP contribution in [-0.2, 0) is 19.1 Å². The van der Waals surface area contributed by atoms with E-state index in [-0.39, 0.29) is 12.0 Å². The number of rotatable bonds is 1. The zero-order chi connectivity index (χ0) is 18.0. The molecule has 0 amide bonds. The summed E-state index contributed by atoms with van der Waals surface area (Å²) >= 11 is 0. The molecule has 0 saturated carbocycles. The van der Waals surface area contributed by atoms with Gasteiger partial charge in [-0.1, -0.05) is 18.2 Å². The second kappa shape index (κ2) is 5.09. The van der Waals surface area contributed by atoms with Crippen molar-refractivity contribution in [3.05, 3.63) is 58.9 Å². The van der Waals surface area contributed by atoms with E-state index in [9.17, 15) is 5.11 Å². The Kier molecular flexibility index (Phi) is 3.29. The number of aryl methyl sites for hydroxylation is 1. The average molecular weight is 337 g/mol. The maximum atomic E-state index is 9.75. The van der Waals surface area contributed by atoms with Gasteiger partial charge in [0.05, 0.1) is 17.6 Å². The highest BCUT2D eigenvalue weighted by Gasteiger charge is 2.58. The van der Waals surface area contributed by atoms with Crippen LogP contribution in [0.1, 0.15) is 36.2 Å². The molecule has 2 aromatic rings. The first-order chi connectivity index (χ1) is 11.8. The van der Waals surface area contributed by atoms with E-state index in [1.54, 1.807) is 0 Å². The molecule has 1 atom stereocenters. The van der Waals surface area contributed by atoms with Crippen molar-refractivity contribution in [3.63, 3.8) is 0 Å². The summed E-state index contributed by atoms with van der Waals surface area (Å²) in [4.78, 5) is 2.23. The molecule has 0 aliphatic carbocycles. The lowest BCUT2D eigenvalue weighted by Gasteiger charge is -2.45. The summed E-state index contributed by atoms with van der Waals surface area (Å²) in [7, 11) is 4.08. The average Bonchev–Trinajstić information content (AvgIpc) is 2.77. The number of fused-ring (bicyclic) bond motifs is 2. The molecule has 0 bridgehead atoms. The fraction of sp³-hybridized carbons (Fsp3) is 0.381. The van der Waals surface area contributed by atoms with E-state index >= 15 is 0 Å². The number of hydrogen-bond donors (Lipinski definition) is 1. The molecule has 4 rings (SSSR count). The number of ether oxygens (including phenoxy) is 1. The number of aliphatic hydroxyl groups excluding tert-OH is 1. The largest absolute Gasteiger partial charge is 0.456 e. The normalized spacial score (nSPS) is 22.7. The van der Waals surface area contributed by atoms with Crippen molar-refractivity contribution in [3.8, 4) is 5.75 Å². The molecule has 25 heavy (non-hydrogen) atoms. The number of aliphatic hydroxyl groups is 1. The number of nitrogens with zero attached hydrogens (tertiary/aromatic N) is 2. The van der Waals surface area contributed by atoms with Gasteiger partial charge in [-0.2, -0.15) is 0 Å². The summed E-state index contributed by atoms with van der Waals surface area (Å²) in [5, 5.41) is 9.75. The van der Waals surface area contributed by atoms with E-state index < -0.39 is 5.72 Å². The van der Waals surface area contributed by atoms with Crippen LogP contribution >= 0.6 is 0 Å². The number of pyridine rings is 1. The molecular weight excluding hydrogens is 312 g/mol. The lowest BCUT2D eigenvalue weighted by molar-refractivity contribution is -0.678. The highest BCUT2D eigenvalue weighted by atomic mass is 16.5. The summed E-state index contributed by atoms with van der Waals surface area (Å²) in [6.07, 6.45) is 6.23. The third-order valence-corrected chi connectivity index (χ3v) is 6.03. The van der Waals surface area contributed by atoms with Crippen molar-refractivity contribution < 1.29 is 14.4 Å². The Bertz CT molecular complexity index is 901. The minimum atomic E-state index is -0.588. The molecule has 4 heteroatoms. The molecule has 2 aliphatic heterocycles. The highest BCUT2D eigenvalue weighted by Crippen LogP contribution is 2.54. The predicted molar refractivity (Wildman–Crippen MR) is 98.5 cm³/mol. The summed E-state index contributed by atoms with van der Waals surface area (Å²) < 4.78 is 8.77. The van der Waals surface area contributed by atoms with Crippen LogP contribution in [0.5, 0.6) is 5.75 Å². The van der Waals surface area contributed by atoms with Crippen LogP contribution in [0.15, 0.2) is 36.5 Å². The molecule has 4 nitrogen and oxygen atoms in total. The molecule has 1 aromatic heterocycles. The van der Waals surface area contributed by atoms with Gasteiger partial charge >= 0.3 is 0 Å². The van der Waals surface area contributed by atoms with Gasteiger partial charge in [-0.3, -0.25) is 0 Å². The van der Waals surface area contributed by atoms with Crippen molar-refractivity contribution >= 4 is 11.8 Å². The predicted octanol–water partition coefficient (Wildman–Crippen LogP) is 2.84. The van der Waals surface area contributed by atoms with Crippen LogP contribution in [0.3, 0.4) is 0 Å². The van der Waals surface area contributed by atoms with Crippen LogP contribution in [0.2, 0.25) is 0 Å². The van der Waals surface area contributed by atoms with Gasteiger partial charge in [0.15, 0.2) is 11.9 Å². The third-order valence-electron chi connectivity index (χ3n) is 6.03. The number of benzene rings is 1. The molecule has 0 fully saturated rings. The topological polar surface area (TPSA) is 36.6 Å². The zero-order valence-electron chi connectivity index (χ0n) is 15.5. The molecule has 130 valence electrons. The number of anilines is 1. The first-order valence-corrected chi connectivity index (χ1v) is 8.68.